The summed E-state index contributed by atoms with van der Waals surface area (Å²) in [5.74, 6) is 0.124. The number of hydrogen-bond acceptors (Lipinski definition) is 2. The first-order valence-electron chi connectivity index (χ1n) is 8.24. The van der Waals surface area contributed by atoms with Gasteiger partial charge in [0.1, 0.15) is 11.6 Å². The van der Waals surface area contributed by atoms with Crippen LogP contribution in [-0.4, -0.2) is 12.5 Å². The van der Waals surface area contributed by atoms with E-state index >= 15 is 0 Å². The van der Waals surface area contributed by atoms with E-state index < -0.39 is 5.82 Å². The van der Waals surface area contributed by atoms with Crippen molar-refractivity contribution in [3.05, 3.63) is 58.9 Å². The molecule has 5 heteroatoms. The van der Waals surface area contributed by atoms with Crippen LogP contribution >= 0.6 is 11.6 Å². The largest absolute Gasteiger partial charge is 0.494 e. The summed E-state index contributed by atoms with van der Waals surface area (Å²) >= 11 is 5.68. The highest BCUT2D eigenvalue weighted by atomic mass is 35.5. The van der Waals surface area contributed by atoms with Crippen LogP contribution in [0.5, 0.6) is 5.75 Å². The topological polar surface area (TPSA) is 38.3 Å². The predicted octanol–water partition coefficient (Wildman–Crippen LogP) is 5.57. The zero-order valence-corrected chi connectivity index (χ0v) is 15.5. The lowest BCUT2D eigenvalue weighted by Crippen LogP contribution is -2.13. The SMILES string of the molecule is CC(C)(C)c1ccc(OCCCC(=O)Nc2ccc(F)c(Cl)c2)cc1. The lowest BCUT2D eigenvalue weighted by molar-refractivity contribution is -0.116. The van der Waals surface area contributed by atoms with Gasteiger partial charge >= 0.3 is 0 Å². The van der Waals surface area contributed by atoms with Crippen molar-refractivity contribution >= 4 is 23.2 Å². The van der Waals surface area contributed by atoms with Crippen molar-refractivity contribution in [2.24, 2.45) is 0 Å². The summed E-state index contributed by atoms with van der Waals surface area (Å²) in [6, 6.07) is 12.1. The fourth-order valence-electron chi connectivity index (χ4n) is 2.27. The van der Waals surface area contributed by atoms with Crippen molar-refractivity contribution in [1.29, 1.82) is 0 Å². The molecule has 2 aromatic rings. The second-order valence-electron chi connectivity index (χ2n) is 6.90. The van der Waals surface area contributed by atoms with Gasteiger partial charge in [0.15, 0.2) is 0 Å². The molecule has 0 aliphatic carbocycles. The number of benzene rings is 2. The maximum absolute atomic E-state index is 13.1. The Labute approximate surface area is 153 Å². The van der Waals surface area contributed by atoms with Crippen LogP contribution in [0.25, 0.3) is 0 Å². The second kappa shape index (κ2) is 8.34. The highest BCUT2D eigenvalue weighted by Gasteiger charge is 2.13. The highest BCUT2D eigenvalue weighted by Crippen LogP contribution is 2.24. The Bertz CT molecular complexity index is 723. The van der Waals surface area contributed by atoms with Crippen LogP contribution in [0, 0.1) is 5.82 Å². The van der Waals surface area contributed by atoms with E-state index in [1.54, 1.807) is 0 Å². The molecule has 1 N–H and O–H groups in total. The fraction of sp³-hybridized carbons (Fsp3) is 0.350. The van der Waals surface area contributed by atoms with Crippen LogP contribution in [0.1, 0.15) is 39.2 Å². The Morgan fingerprint density at radius 2 is 1.84 bits per heavy atom. The van der Waals surface area contributed by atoms with Crippen molar-refractivity contribution < 1.29 is 13.9 Å². The Kier molecular flexibility index (Phi) is 6.43. The molecule has 0 unspecified atom stereocenters. The molecule has 0 aliphatic rings. The number of anilines is 1. The highest BCUT2D eigenvalue weighted by molar-refractivity contribution is 6.31. The van der Waals surface area contributed by atoms with E-state index in [2.05, 4.69) is 38.2 Å². The van der Waals surface area contributed by atoms with Crippen molar-refractivity contribution in [2.75, 3.05) is 11.9 Å². The molecule has 134 valence electrons. The molecule has 2 rings (SSSR count). The molecule has 0 saturated heterocycles. The third-order valence-corrected chi connectivity index (χ3v) is 4.03. The van der Waals surface area contributed by atoms with Crippen LogP contribution in [0.3, 0.4) is 0 Å². The van der Waals surface area contributed by atoms with Gasteiger partial charge in [0.25, 0.3) is 0 Å². The van der Waals surface area contributed by atoms with E-state index in [1.807, 2.05) is 12.1 Å². The lowest BCUT2D eigenvalue weighted by Gasteiger charge is -2.19. The number of carbonyl (C=O) groups excluding carboxylic acids is 1. The zero-order valence-electron chi connectivity index (χ0n) is 14.7. The quantitative estimate of drug-likeness (QED) is 0.681. The monoisotopic (exact) mass is 363 g/mol. The van der Waals surface area contributed by atoms with Gasteiger partial charge in [-0.05, 0) is 47.7 Å². The van der Waals surface area contributed by atoms with Gasteiger partial charge in [-0.15, -0.1) is 0 Å². The molecule has 0 fully saturated rings. The van der Waals surface area contributed by atoms with Gasteiger partial charge in [-0.25, -0.2) is 4.39 Å². The van der Waals surface area contributed by atoms with Gasteiger partial charge in [0, 0.05) is 12.1 Å². The molecular formula is C20H23ClFNO2. The molecule has 25 heavy (non-hydrogen) atoms. The Hall–Kier alpha value is -2.07. The summed E-state index contributed by atoms with van der Waals surface area (Å²) in [7, 11) is 0. The lowest BCUT2D eigenvalue weighted by atomic mass is 9.87. The normalized spacial score (nSPS) is 11.2. The molecule has 1 amide bonds. The minimum Gasteiger partial charge on any atom is -0.494 e. The number of rotatable bonds is 6. The predicted molar refractivity (Wildman–Crippen MR) is 99.9 cm³/mol. The molecule has 0 spiro atoms. The first-order valence-corrected chi connectivity index (χ1v) is 8.62. The fourth-order valence-corrected chi connectivity index (χ4v) is 2.45. The molecule has 0 radical (unpaired) electrons. The summed E-state index contributed by atoms with van der Waals surface area (Å²) in [6.07, 6.45) is 0.900. The third-order valence-electron chi connectivity index (χ3n) is 3.74. The van der Waals surface area contributed by atoms with Crippen LogP contribution < -0.4 is 10.1 Å². The number of hydrogen-bond donors (Lipinski definition) is 1. The van der Waals surface area contributed by atoms with Crippen molar-refractivity contribution in [3.8, 4) is 5.75 Å². The van der Waals surface area contributed by atoms with E-state index in [0.29, 0.717) is 25.1 Å². The van der Waals surface area contributed by atoms with Crippen LogP contribution in [0.2, 0.25) is 5.02 Å². The first kappa shape index (κ1) is 19.3. The third kappa shape index (κ3) is 6.05. The molecule has 0 aromatic heterocycles. The molecule has 0 aliphatic heterocycles. The molecule has 0 saturated carbocycles. The number of nitrogens with one attached hydrogen (secondary N) is 1. The van der Waals surface area contributed by atoms with E-state index in [4.69, 9.17) is 16.3 Å². The average Bonchev–Trinajstić information content (AvgIpc) is 2.55. The number of amides is 1. The van der Waals surface area contributed by atoms with Crippen molar-refractivity contribution in [1.82, 2.24) is 0 Å². The van der Waals surface area contributed by atoms with Gasteiger partial charge in [0.05, 0.1) is 11.6 Å². The van der Waals surface area contributed by atoms with E-state index in [9.17, 15) is 9.18 Å². The average molecular weight is 364 g/mol. The Morgan fingerprint density at radius 3 is 2.44 bits per heavy atom. The maximum atomic E-state index is 13.1. The Morgan fingerprint density at radius 1 is 1.16 bits per heavy atom. The summed E-state index contributed by atoms with van der Waals surface area (Å²) in [4.78, 5) is 11.9. The van der Waals surface area contributed by atoms with Crippen LogP contribution in [0.4, 0.5) is 10.1 Å². The zero-order chi connectivity index (χ0) is 18.4. The van der Waals surface area contributed by atoms with Gasteiger partial charge in [-0.1, -0.05) is 44.5 Å². The van der Waals surface area contributed by atoms with Gasteiger partial charge < -0.3 is 10.1 Å². The van der Waals surface area contributed by atoms with Crippen LogP contribution in [-0.2, 0) is 10.2 Å². The standard InChI is InChI=1S/C20H23ClFNO2/c1-20(2,3)14-6-9-16(10-7-14)25-12-4-5-19(24)23-15-8-11-18(22)17(21)13-15/h6-11,13H,4-5,12H2,1-3H3,(H,23,24). The molecule has 0 heterocycles. The summed E-state index contributed by atoms with van der Waals surface area (Å²) in [5, 5.41) is 2.67. The summed E-state index contributed by atoms with van der Waals surface area (Å²) < 4.78 is 18.7. The second-order valence-corrected chi connectivity index (χ2v) is 7.31. The summed E-state index contributed by atoms with van der Waals surface area (Å²) in [5.41, 5.74) is 1.84. The minimum atomic E-state index is -0.509. The van der Waals surface area contributed by atoms with Crippen molar-refractivity contribution in [2.45, 2.75) is 39.0 Å². The number of ether oxygens (including phenoxy) is 1. The molecule has 0 atom stereocenters. The van der Waals surface area contributed by atoms with Gasteiger partial charge in [-0.2, -0.15) is 0 Å². The number of carbonyl (C=O) groups is 1. The smallest absolute Gasteiger partial charge is 0.224 e. The van der Waals surface area contributed by atoms with E-state index in [1.165, 1.54) is 23.8 Å². The first-order chi connectivity index (χ1) is 11.8. The van der Waals surface area contributed by atoms with Gasteiger partial charge in [-0.3, -0.25) is 4.79 Å². The molecule has 0 bridgehead atoms. The van der Waals surface area contributed by atoms with Crippen molar-refractivity contribution in [3.63, 3.8) is 0 Å². The van der Waals surface area contributed by atoms with Gasteiger partial charge in [0.2, 0.25) is 5.91 Å². The van der Waals surface area contributed by atoms with Crippen LogP contribution in [0.15, 0.2) is 42.5 Å². The Balaban J connectivity index is 1.73. The number of halogens is 2. The van der Waals surface area contributed by atoms with E-state index in [0.717, 1.165) is 5.75 Å². The molecule has 3 nitrogen and oxygen atoms in total. The minimum absolute atomic E-state index is 0.0140. The van der Waals surface area contributed by atoms with E-state index in [-0.39, 0.29) is 16.3 Å². The maximum Gasteiger partial charge on any atom is 0.224 e. The molecule has 2 aromatic carbocycles. The summed E-state index contributed by atoms with van der Waals surface area (Å²) in [6.45, 7) is 6.94. The molecular weight excluding hydrogens is 341 g/mol.